The summed E-state index contributed by atoms with van der Waals surface area (Å²) in [6.07, 6.45) is 1.25. The van der Waals surface area contributed by atoms with Gasteiger partial charge in [0, 0.05) is 19.6 Å². The van der Waals surface area contributed by atoms with Crippen molar-refractivity contribution in [3.63, 3.8) is 0 Å². The van der Waals surface area contributed by atoms with Crippen molar-refractivity contribution in [3.05, 3.63) is 0 Å². The van der Waals surface area contributed by atoms with Crippen molar-refractivity contribution < 1.29 is 9.59 Å². The van der Waals surface area contributed by atoms with E-state index in [1.54, 1.807) is 0 Å². The molecule has 22 heavy (non-hydrogen) atoms. The molecule has 0 radical (unpaired) electrons. The van der Waals surface area contributed by atoms with E-state index in [4.69, 9.17) is 0 Å². The van der Waals surface area contributed by atoms with Crippen molar-refractivity contribution in [2.75, 3.05) is 39.3 Å². The lowest BCUT2D eigenvalue weighted by Crippen LogP contribution is -2.48. The number of hydrogen-bond donors (Lipinski definition) is 2. The van der Waals surface area contributed by atoms with Crippen LogP contribution in [0.3, 0.4) is 0 Å². The number of nitrogens with one attached hydrogen (secondary N) is 2. The van der Waals surface area contributed by atoms with E-state index in [2.05, 4.69) is 34.4 Å². The fourth-order valence-corrected chi connectivity index (χ4v) is 3.20. The Balaban J connectivity index is 1.94. The summed E-state index contributed by atoms with van der Waals surface area (Å²) in [5, 5.41) is 5.83. The molecule has 0 aromatic heterocycles. The zero-order chi connectivity index (χ0) is 16.1. The van der Waals surface area contributed by atoms with Gasteiger partial charge in [-0.1, -0.05) is 13.8 Å². The molecule has 7 nitrogen and oxygen atoms in total. The largest absolute Gasteiger partial charge is 0.357 e. The van der Waals surface area contributed by atoms with Crippen molar-refractivity contribution in [2.45, 2.75) is 27.2 Å². The number of amides is 3. The highest BCUT2D eigenvalue weighted by atomic mass is 16.2. The zero-order valence-electron chi connectivity index (χ0n) is 13.8. The lowest BCUT2D eigenvalue weighted by Gasteiger charge is -2.37. The third-order valence-electron chi connectivity index (χ3n) is 4.03. The van der Waals surface area contributed by atoms with Crippen LogP contribution in [0.25, 0.3) is 0 Å². The van der Waals surface area contributed by atoms with E-state index in [1.807, 2.05) is 6.92 Å². The summed E-state index contributed by atoms with van der Waals surface area (Å²) in [4.78, 5) is 31.1. The Morgan fingerprint density at radius 2 is 2.00 bits per heavy atom. The van der Waals surface area contributed by atoms with Gasteiger partial charge in [-0.25, -0.2) is 4.79 Å². The highest BCUT2D eigenvalue weighted by Gasteiger charge is 2.28. The van der Waals surface area contributed by atoms with E-state index >= 15 is 0 Å². The summed E-state index contributed by atoms with van der Waals surface area (Å²) in [6.45, 7) is 10.2. The number of imide groups is 1. The van der Waals surface area contributed by atoms with Crippen LogP contribution in [0.4, 0.5) is 4.79 Å². The van der Waals surface area contributed by atoms with E-state index < -0.39 is 0 Å². The van der Waals surface area contributed by atoms with E-state index in [0.29, 0.717) is 24.9 Å². The summed E-state index contributed by atoms with van der Waals surface area (Å²) >= 11 is 0. The maximum absolute atomic E-state index is 11.5. The number of urea groups is 1. The molecule has 2 aliphatic heterocycles. The van der Waals surface area contributed by atoms with Crippen molar-refractivity contribution in [1.29, 1.82) is 0 Å². The molecule has 0 aromatic rings. The molecule has 2 aliphatic rings. The quantitative estimate of drug-likeness (QED) is 0.450. The molecule has 124 valence electrons. The Labute approximate surface area is 132 Å². The second kappa shape index (κ2) is 7.47. The van der Waals surface area contributed by atoms with Gasteiger partial charge in [0.1, 0.15) is 0 Å². The minimum absolute atomic E-state index is 0.101. The molecule has 3 amide bonds. The Hall–Kier alpha value is -1.79. The summed E-state index contributed by atoms with van der Waals surface area (Å²) in [6, 6.07) is -0.314. The molecule has 2 unspecified atom stereocenters. The fraction of sp³-hybridized carbons (Fsp3) is 0.800. The lowest BCUT2D eigenvalue weighted by atomic mass is 9.92. The Morgan fingerprint density at radius 1 is 1.32 bits per heavy atom. The van der Waals surface area contributed by atoms with Gasteiger partial charge in [0.25, 0.3) is 0 Å². The standard InChI is InChI=1S/C15H27N5O2/c1-4-16-14(19-9-11(2)7-12(3)10-19)17-5-6-20-13(21)8-18-15(20)22/h11-12H,4-10H2,1-3H3,(H,16,17)(H,18,22). The number of rotatable bonds is 4. The van der Waals surface area contributed by atoms with E-state index in [9.17, 15) is 9.59 Å². The summed E-state index contributed by atoms with van der Waals surface area (Å²) < 4.78 is 0. The van der Waals surface area contributed by atoms with Crippen LogP contribution >= 0.6 is 0 Å². The predicted molar refractivity (Wildman–Crippen MR) is 85.6 cm³/mol. The molecule has 2 fully saturated rings. The molecule has 2 atom stereocenters. The number of carbonyl (C=O) groups is 2. The molecule has 0 aromatic carbocycles. The van der Waals surface area contributed by atoms with Crippen molar-refractivity contribution >= 4 is 17.9 Å². The monoisotopic (exact) mass is 309 g/mol. The van der Waals surface area contributed by atoms with Crippen LogP contribution in [0, 0.1) is 11.8 Å². The molecule has 2 rings (SSSR count). The molecular weight excluding hydrogens is 282 g/mol. The first-order valence-corrected chi connectivity index (χ1v) is 8.12. The molecule has 0 aliphatic carbocycles. The number of nitrogens with zero attached hydrogens (tertiary/aromatic N) is 3. The molecule has 7 heteroatoms. The SMILES string of the molecule is CCNC(=NCCN1C(=O)CNC1=O)N1CC(C)CC(C)C1. The van der Waals surface area contributed by atoms with E-state index in [-0.39, 0.29) is 18.5 Å². The molecule has 0 spiro atoms. The van der Waals surface area contributed by atoms with Crippen LogP contribution in [-0.2, 0) is 4.79 Å². The maximum Gasteiger partial charge on any atom is 0.324 e. The molecule has 2 saturated heterocycles. The molecule has 0 bridgehead atoms. The van der Waals surface area contributed by atoms with Crippen LogP contribution < -0.4 is 10.6 Å². The highest BCUT2D eigenvalue weighted by Crippen LogP contribution is 2.20. The second-order valence-electron chi connectivity index (χ2n) is 6.29. The number of aliphatic imine (C=N–C) groups is 1. The summed E-state index contributed by atoms with van der Waals surface area (Å²) in [5.41, 5.74) is 0. The van der Waals surface area contributed by atoms with Crippen molar-refractivity contribution in [3.8, 4) is 0 Å². The van der Waals surface area contributed by atoms with Crippen LogP contribution in [0.1, 0.15) is 27.2 Å². The maximum atomic E-state index is 11.5. The number of carbonyl (C=O) groups excluding carboxylic acids is 2. The van der Waals surface area contributed by atoms with Crippen LogP contribution in [0.15, 0.2) is 4.99 Å². The second-order valence-corrected chi connectivity index (χ2v) is 6.29. The van der Waals surface area contributed by atoms with E-state index in [1.165, 1.54) is 11.3 Å². The zero-order valence-corrected chi connectivity index (χ0v) is 13.8. The lowest BCUT2D eigenvalue weighted by molar-refractivity contribution is -0.124. The number of likely N-dealkylation sites (tertiary alicyclic amines) is 1. The van der Waals surface area contributed by atoms with E-state index in [0.717, 1.165) is 25.6 Å². The Bertz CT molecular complexity index is 425. The van der Waals surface area contributed by atoms with Gasteiger partial charge < -0.3 is 15.5 Å². The number of hydrogen-bond acceptors (Lipinski definition) is 3. The van der Waals surface area contributed by atoms with Crippen molar-refractivity contribution in [2.24, 2.45) is 16.8 Å². The number of guanidine groups is 1. The molecular formula is C15H27N5O2. The van der Waals surface area contributed by atoms with Crippen LogP contribution in [0.5, 0.6) is 0 Å². The molecule has 0 saturated carbocycles. The highest BCUT2D eigenvalue weighted by molar-refractivity contribution is 6.01. The first-order valence-electron chi connectivity index (χ1n) is 8.12. The van der Waals surface area contributed by atoms with Gasteiger partial charge in [0.05, 0.1) is 19.6 Å². The first kappa shape index (κ1) is 16.6. The summed E-state index contributed by atoms with van der Waals surface area (Å²) in [5.74, 6) is 2.01. The number of piperidine rings is 1. The summed E-state index contributed by atoms with van der Waals surface area (Å²) in [7, 11) is 0. The Morgan fingerprint density at radius 3 is 2.55 bits per heavy atom. The average Bonchev–Trinajstić information content (AvgIpc) is 2.77. The minimum atomic E-state index is -0.314. The van der Waals surface area contributed by atoms with Gasteiger partial charge in [-0.3, -0.25) is 14.7 Å². The van der Waals surface area contributed by atoms with Gasteiger partial charge in [-0.2, -0.15) is 0 Å². The van der Waals surface area contributed by atoms with Crippen LogP contribution in [0.2, 0.25) is 0 Å². The van der Waals surface area contributed by atoms with Gasteiger partial charge in [0.15, 0.2) is 5.96 Å². The van der Waals surface area contributed by atoms with Gasteiger partial charge in [-0.05, 0) is 25.2 Å². The van der Waals surface area contributed by atoms with Gasteiger partial charge >= 0.3 is 6.03 Å². The molecule has 2 N–H and O–H groups in total. The molecule has 2 heterocycles. The van der Waals surface area contributed by atoms with Gasteiger partial charge in [-0.15, -0.1) is 0 Å². The van der Waals surface area contributed by atoms with Crippen molar-refractivity contribution in [1.82, 2.24) is 20.4 Å². The predicted octanol–water partition coefficient (Wildman–Crippen LogP) is 0.482. The average molecular weight is 309 g/mol. The Kier molecular flexibility index (Phi) is 5.63. The van der Waals surface area contributed by atoms with Gasteiger partial charge in [0.2, 0.25) is 5.91 Å². The van der Waals surface area contributed by atoms with Crippen LogP contribution in [-0.4, -0.2) is 67.0 Å². The first-order chi connectivity index (χ1) is 10.5. The third kappa shape index (κ3) is 4.11. The smallest absolute Gasteiger partial charge is 0.324 e. The topological polar surface area (TPSA) is 77.0 Å². The minimum Gasteiger partial charge on any atom is -0.357 e. The normalized spacial score (nSPS) is 26.4. The fourth-order valence-electron chi connectivity index (χ4n) is 3.20. The third-order valence-corrected chi connectivity index (χ3v) is 4.03.